The third-order valence-corrected chi connectivity index (χ3v) is 7.54. The molecule has 0 saturated heterocycles. The van der Waals surface area contributed by atoms with Gasteiger partial charge in [0.15, 0.2) is 0 Å². The number of amides is 1. The van der Waals surface area contributed by atoms with E-state index in [1.165, 1.54) is 18.3 Å². The Balaban J connectivity index is 1.28. The fourth-order valence-electron chi connectivity index (χ4n) is 5.37. The smallest absolute Gasteiger partial charge is 0.411 e. The van der Waals surface area contributed by atoms with Crippen molar-refractivity contribution in [2.45, 2.75) is 18.9 Å². The molecule has 1 atom stereocenters. The Morgan fingerprint density at radius 2 is 1.95 bits per heavy atom. The zero-order chi connectivity index (χ0) is 28.5. The molecule has 0 bridgehead atoms. The number of tetrazole rings is 1. The highest BCUT2D eigenvalue weighted by molar-refractivity contribution is 6.31. The number of H-pyrrole nitrogens is 1. The van der Waals surface area contributed by atoms with E-state index in [9.17, 15) is 14.7 Å². The van der Waals surface area contributed by atoms with Gasteiger partial charge in [0.25, 0.3) is 5.56 Å². The number of aromatic amines is 1. The molecule has 0 fully saturated rings. The first-order valence-corrected chi connectivity index (χ1v) is 13.4. The van der Waals surface area contributed by atoms with Crippen LogP contribution in [0.4, 0.5) is 10.5 Å². The molecule has 11 nitrogen and oxygen atoms in total. The largest absolute Gasteiger partial charge is 0.465 e. The zero-order valence-electron chi connectivity index (χ0n) is 22.1. The van der Waals surface area contributed by atoms with Crippen LogP contribution < -0.4 is 10.5 Å². The highest BCUT2D eigenvalue weighted by atomic mass is 35.5. The van der Waals surface area contributed by atoms with Gasteiger partial charge in [0.05, 0.1) is 24.9 Å². The van der Waals surface area contributed by atoms with Crippen LogP contribution in [0.5, 0.6) is 0 Å². The second kappa shape index (κ2) is 11.0. The minimum Gasteiger partial charge on any atom is -0.465 e. The maximum absolute atomic E-state index is 13.5. The van der Waals surface area contributed by atoms with Gasteiger partial charge in [-0.3, -0.25) is 9.69 Å². The number of nitrogens with one attached hydrogen (secondary N) is 1. The van der Waals surface area contributed by atoms with Gasteiger partial charge in [-0.1, -0.05) is 23.7 Å². The monoisotopic (exact) mass is 571 g/mol. The highest BCUT2D eigenvalue weighted by Gasteiger charge is 2.27. The Bertz CT molecular complexity index is 1760. The number of aryl methyl sites for hydroxylation is 1. The lowest BCUT2D eigenvalue weighted by Crippen LogP contribution is -2.32. The van der Waals surface area contributed by atoms with E-state index < -0.39 is 6.09 Å². The molecule has 41 heavy (non-hydrogen) atoms. The number of methoxy groups -OCH3 is 1. The van der Waals surface area contributed by atoms with Crippen LogP contribution in [0.3, 0.4) is 0 Å². The summed E-state index contributed by atoms with van der Waals surface area (Å²) in [6, 6.07) is 20.2. The number of aromatic nitrogens is 6. The van der Waals surface area contributed by atoms with Crippen molar-refractivity contribution in [3.05, 3.63) is 99.8 Å². The third kappa shape index (κ3) is 5.12. The van der Waals surface area contributed by atoms with Gasteiger partial charge in [-0.25, -0.2) is 4.79 Å². The second-order valence-electron chi connectivity index (χ2n) is 9.72. The molecule has 2 aromatic carbocycles. The number of nitrogens with zero attached hydrogens (tertiary/aromatic N) is 6. The summed E-state index contributed by atoms with van der Waals surface area (Å²) < 4.78 is 8.41. The van der Waals surface area contributed by atoms with Crippen molar-refractivity contribution in [1.29, 1.82) is 0 Å². The molecule has 2 N–H and O–H groups in total. The molecule has 6 rings (SSSR count). The molecular weight excluding hydrogens is 546 g/mol. The van der Waals surface area contributed by atoms with E-state index in [2.05, 4.69) is 20.5 Å². The normalized spacial score (nSPS) is 14.2. The molecule has 4 heterocycles. The molecule has 3 aromatic heterocycles. The predicted octanol–water partition coefficient (Wildman–Crippen LogP) is 4.81. The van der Waals surface area contributed by atoms with Crippen molar-refractivity contribution in [2.75, 3.05) is 25.2 Å². The van der Waals surface area contributed by atoms with E-state index in [0.29, 0.717) is 17.3 Å². The van der Waals surface area contributed by atoms with Crippen molar-refractivity contribution in [3.63, 3.8) is 0 Å². The van der Waals surface area contributed by atoms with Crippen LogP contribution in [-0.4, -0.2) is 61.2 Å². The summed E-state index contributed by atoms with van der Waals surface area (Å²) in [6.07, 6.45) is 1.99. The number of carbonyl (C=O) groups is 1. The molecule has 0 radical (unpaired) electrons. The standard InChI is InChI=1S/C29H26ClN7O4/c1-41-13-12-35(29(39)40)21-5-2-18(3-6-21)24-8-9-25(32-24)27-11-7-22-14-19(15-28(38)37(22)27)23-16-20(30)4-10-26(23)36-17-31-33-34-36/h2-6,8-10,14-17,27,32H,7,11-13H2,1H3,(H,39,40)/t27-/m0/s1. The van der Waals surface area contributed by atoms with Crippen LogP contribution in [0.2, 0.25) is 5.02 Å². The van der Waals surface area contributed by atoms with Crippen molar-refractivity contribution < 1.29 is 14.6 Å². The van der Waals surface area contributed by atoms with E-state index in [-0.39, 0.29) is 18.1 Å². The van der Waals surface area contributed by atoms with Crippen LogP contribution in [0.25, 0.3) is 28.1 Å². The number of hydrogen-bond acceptors (Lipinski definition) is 6. The van der Waals surface area contributed by atoms with E-state index >= 15 is 0 Å². The molecule has 0 aliphatic carbocycles. The Labute approximate surface area is 239 Å². The molecule has 1 aliphatic heterocycles. The Hall–Kier alpha value is -4.74. The molecule has 0 saturated carbocycles. The Morgan fingerprint density at radius 1 is 1.12 bits per heavy atom. The van der Waals surface area contributed by atoms with Crippen LogP contribution in [0.1, 0.15) is 23.9 Å². The van der Waals surface area contributed by atoms with Crippen LogP contribution in [0.15, 0.2) is 77.9 Å². The fraction of sp³-hybridized carbons (Fsp3) is 0.207. The lowest BCUT2D eigenvalue weighted by Gasteiger charge is -2.19. The van der Waals surface area contributed by atoms with Gasteiger partial charge in [0, 0.05) is 46.5 Å². The van der Waals surface area contributed by atoms with Gasteiger partial charge < -0.3 is 19.4 Å². The van der Waals surface area contributed by atoms with Crippen LogP contribution in [-0.2, 0) is 11.2 Å². The summed E-state index contributed by atoms with van der Waals surface area (Å²) in [6.45, 7) is 0.545. The Kier molecular flexibility index (Phi) is 7.12. The predicted molar refractivity (Wildman–Crippen MR) is 154 cm³/mol. The number of pyridine rings is 1. The summed E-state index contributed by atoms with van der Waals surface area (Å²) >= 11 is 6.32. The van der Waals surface area contributed by atoms with Crippen molar-refractivity contribution in [1.82, 2.24) is 29.8 Å². The lowest BCUT2D eigenvalue weighted by atomic mass is 10.0. The van der Waals surface area contributed by atoms with Crippen molar-refractivity contribution >= 4 is 23.4 Å². The highest BCUT2D eigenvalue weighted by Crippen LogP contribution is 2.35. The first kappa shape index (κ1) is 26.5. The zero-order valence-corrected chi connectivity index (χ0v) is 22.8. The van der Waals surface area contributed by atoms with Crippen LogP contribution in [0, 0.1) is 0 Å². The molecule has 0 unspecified atom stereocenters. The molecule has 208 valence electrons. The van der Waals surface area contributed by atoms with Gasteiger partial charge in [-0.05, 0) is 82.9 Å². The van der Waals surface area contributed by atoms with Gasteiger partial charge in [-0.2, -0.15) is 4.68 Å². The average molecular weight is 572 g/mol. The second-order valence-corrected chi connectivity index (χ2v) is 10.2. The Morgan fingerprint density at radius 3 is 2.68 bits per heavy atom. The number of ether oxygens (including phenoxy) is 1. The number of fused-ring (bicyclic) bond motifs is 1. The number of halogens is 1. The molecule has 0 spiro atoms. The summed E-state index contributed by atoms with van der Waals surface area (Å²) in [5, 5.41) is 21.5. The maximum Gasteiger partial charge on any atom is 0.411 e. The maximum atomic E-state index is 13.5. The minimum absolute atomic E-state index is 0.104. The minimum atomic E-state index is -1.03. The number of hydrogen-bond donors (Lipinski definition) is 2. The van der Waals surface area contributed by atoms with Crippen molar-refractivity contribution in [2.24, 2.45) is 0 Å². The topological polar surface area (TPSA) is 131 Å². The summed E-state index contributed by atoms with van der Waals surface area (Å²) in [4.78, 5) is 29.9. The summed E-state index contributed by atoms with van der Waals surface area (Å²) in [7, 11) is 1.54. The van der Waals surface area contributed by atoms with E-state index in [1.54, 1.807) is 28.9 Å². The SMILES string of the molecule is COCCN(C(=O)O)c1ccc(-c2ccc([C@@H]3CCc4cc(-c5cc(Cl)ccc5-n5cnnn5)cc(=O)n43)[nH]2)cc1. The number of benzene rings is 2. The number of rotatable bonds is 8. The quantitative estimate of drug-likeness (QED) is 0.273. The number of anilines is 1. The first-order chi connectivity index (χ1) is 19.9. The molecular formula is C29H26ClN7O4. The van der Waals surface area contributed by atoms with E-state index in [0.717, 1.165) is 52.3 Å². The average Bonchev–Trinajstić information content (AvgIpc) is 3.74. The van der Waals surface area contributed by atoms with Gasteiger partial charge in [0.1, 0.15) is 6.33 Å². The van der Waals surface area contributed by atoms with Crippen molar-refractivity contribution in [3.8, 4) is 28.1 Å². The number of carboxylic acid groups (broad SMARTS) is 1. The van der Waals surface area contributed by atoms with E-state index in [4.69, 9.17) is 16.3 Å². The molecule has 1 aliphatic rings. The van der Waals surface area contributed by atoms with Gasteiger partial charge in [-0.15, -0.1) is 5.10 Å². The lowest BCUT2D eigenvalue weighted by molar-refractivity contribution is 0.186. The summed E-state index contributed by atoms with van der Waals surface area (Å²) in [5.74, 6) is 0. The van der Waals surface area contributed by atoms with E-state index in [1.807, 2.05) is 47.0 Å². The van der Waals surface area contributed by atoms with Crippen LogP contribution >= 0.6 is 11.6 Å². The summed E-state index contributed by atoms with van der Waals surface area (Å²) in [5.41, 5.74) is 6.37. The molecule has 1 amide bonds. The van der Waals surface area contributed by atoms with Gasteiger partial charge in [0.2, 0.25) is 0 Å². The first-order valence-electron chi connectivity index (χ1n) is 13.0. The van der Waals surface area contributed by atoms with Gasteiger partial charge >= 0.3 is 6.09 Å². The molecule has 5 aromatic rings. The third-order valence-electron chi connectivity index (χ3n) is 7.31. The fourth-order valence-corrected chi connectivity index (χ4v) is 5.54. The molecule has 12 heteroatoms.